The fourth-order valence-corrected chi connectivity index (χ4v) is 0.648. The molecule has 0 N–H and O–H groups in total. The van der Waals surface area contributed by atoms with Gasteiger partial charge in [0.2, 0.25) is 0 Å². The van der Waals surface area contributed by atoms with Crippen LogP contribution in [-0.2, 0) is 14.6 Å². The second kappa shape index (κ2) is 2.44. The molecular formula is C5H9O3. The van der Waals surface area contributed by atoms with E-state index in [1.165, 1.54) is 6.92 Å². The molecule has 1 unspecified atom stereocenters. The molecule has 3 heteroatoms. The third-order valence-electron chi connectivity index (χ3n) is 1.03. The second-order valence-corrected chi connectivity index (χ2v) is 1.82. The van der Waals surface area contributed by atoms with Gasteiger partial charge in [-0.2, -0.15) is 0 Å². The lowest BCUT2D eigenvalue weighted by molar-refractivity contribution is -0.134. The quantitative estimate of drug-likeness (QED) is 0.491. The molecule has 1 aliphatic rings. The lowest BCUT2D eigenvalue weighted by Gasteiger charge is -2.07. The van der Waals surface area contributed by atoms with Crippen molar-refractivity contribution in [3.63, 3.8) is 0 Å². The van der Waals surface area contributed by atoms with Gasteiger partial charge >= 0.3 is 0 Å². The summed E-state index contributed by atoms with van der Waals surface area (Å²) in [7, 11) is 0. The van der Waals surface area contributed by atoms with Gasteiger partial charge in [-0.05, 0) is 6.92 Å². The molecule has 1 atom stereocenters. The minimum atomic E-state index is -0.752. The molecule has 0 bridgehead atoms. The van der Waals surface area contributed by atoms with Crippen LogP contribution >= 0.6 is 0 Å². The van der Waals surface area contributed by atoms with Crippen molar-refractivity contribution in [2.24, 2.45) is 0 Å². The van der Waals surface area contributed by atoms with Crippen LogP contribution in [0.5, 0.6) is 0 Å². The molecule has 47 valence electrons. The smallest absolute Gasteiger partial charge is 0.186 e. The largest absolute Gasteiger partial charge is 0.347 e. The normalized spacial score (nSPS) is 26.2. The highest BCUT2D eigenvalue weighted by molar-refractivity contribution is 4.56. The average Bonchev–Trinajstić information content (AvgIpc) is 2.12. The zero-order valence-electron chi connectivity index (χ0n) is 4.79. The topological polar surface area (TPSA) is 38.4 Å². The van der Waals surface area contributed by atoms with Gasteiger partial charge in [-0.1, -0.05) is 0 Å². The van der Waals surface area contributed by atoms with E-state index >= 15 is 0 Å². The summed E-state index contributed by atoms with van der Waals surface area (Å²) < 4.78 is 9.76. The third-order valence-corrected chi connectivity index (χ3v) is 1.03. The summed E-state index contributed by atoms with van der Waals surface area (Å²) in [5, 5.41) is 10.5. The molecule has 0 aromatic rings. The molecule has 0 spiro atoms. The Labute approximate surface area is 48.2 Å². The van der Waals surface area contributed by atoms with Crippen LogP contribution in [0.1, 0.15) is 6.92 Å². The van der Waals surface area contributed by atoms with Crippen LogP contribution in [0.2, 0.25) is 0 Å². The Balaban J connectivity index is 2.24. The lowest BCUT2D eigenvalue weighted by Crippen LogP contribution is -2.21. The summed E-state index contributed by atoms with van der Waals surface area (Å²) in [5.41, 5.74) is 0. The van der Waals surface area contributed by atoms with Crippen LogP contribution in [-0.4, -0.2) is 25.6 Å². The van der Waals surface area contributed by atoms with Gasteiger partial charge in [0.15, 0.2) is 6.29 Å². The van der Waals surface area contributed by atoms with E-state index < -0.39 is 12.4 Å². The van der Waals surface area contributed by atoms with E-state index in [0.29, 0.717) is 13.2 Å². The Morgan fingerprint density at radius 1 is 1.50 bits per heavy atom. The summed E-state index contributed by atoms with van der Waals surface area (Å²) in [6.45, 7) is 2.67. The van der Waals surface area contributed by atoms with Gasteiger partial charge in [0.05, 0.1) is 13.2 Å². The van der Waals surface area contributed by atoms with Crippen molar-refractivity contribution in [2.75, 3.05) is 13.2 Å². The number of hydrogen-bond acceptors (Lipinski definition) is 2. The highest BCUT2D eigenvalue weighted by atomic mass is 16.7. The molecule has 0 aliphatic carbocycles. The van der Waals surface area contributed by atoms with Crippen LogP contribution in [0.25, 0.3) is 0 Å². The Morgan fingerprint density at radius 3 is 2.25 bits per heavy atom. The Morgan fingerprint density at radius 2 is 2.00 bits per heavy atom. The molecular weight excluding hydrogens is 108 g/mol. The molecule has 1 fully saturated rings. The van der Waals surface area contributed by atoms with Crippen LogP contribution in [0, 0.1) is 0 Å². The first kappa shape index (κ1) is 6.01. The van der Waals surface area contributed by atoms with Crippen molar-refractivity contribution in [3.05, 3.63) is 0 Å². The first-order valence-corrected chi connectivity index (χ1v) is 2.70. The molecule has 0 amide bonds. The Hall–Kier alpha value is -0.120. The van der Waals surface area contributed by atoms with E-state index in [1.54, 1.807) is 0 Å². The van der Waals surface area contributed by atoms with E-state index in [4.69, 9.17) is 9.47 Å². The zero-order chi connectivity index (χ0) is 5.98. The molecule has 0 saturated carbocycles. The first-order chi connectivity index (χ1) is 3.80. The molecule has 1 aliphatic heterocycles. The van der Waals surface area contributed by atoms with Crippen LogP contribution in [0.15, 0.2) is 0 Å². The number of hydrogen-bond donors (Lipinski definition) is 0. The van der Waals surface area contributed by atoms with Gasteiger partial charge in [0.25, 0.3) is 0 Å². The molecule has 0 aromatic heterocycles. The fourth-order valence-electron chi connectivity index (χ4n) is 0.648. The van der Waals surface area contributed by atoms with Crippen LogP contribution < -0.4 is 0 Å². The molecule has 8 heavy (non-hydrogen) atoms. The van der Waals surface area contributed by atoms with Gasteiger partial charge < -0.3 is 9.47 Å². The maximum Gasteiger partial charge on any atom is 0.186 e. The predicted molar refractivity (Wildman–Crippen MR) is 25.8 cm³/mol. The number of rotatable bonds is 1. The van der Waals surface area contributed by atoms with Crippen LogP contribution in [0.4, 0.5) is 0 Å². The lowest BCUT2D eigenvalue weighted by atomic mass is 10.4. The first-order valence-electron chi connectivity index (χ1n) is 2.70. The van der Waals surface area contributed by atoms with Crippen molar-refractivity contribution < 1.29 is 14.6 Å². The standard InChI is InChI=1S/C5H9O3/c1-4(6)5-7-2-3-8-5/h4-5H,2-3H2,1H3. The van der Waals surface area contributed by atoms with E-state index in [1.807, 2.05) is 0 Å². The SMILES string of the molecule is CC([O])C1OCCO1. The molecule has 1 heterocycles. The minimum absolute atomic E-state index is 0.491. The molecule has 1 radical (unpaired) electrons. The predicted octanol–water partition coefficient (Wildman–Crippen LogP) is 0.178. The van der Waals surface area contributed by atoms with E-state index in [2.05, 4.69) is 0 Å². The summed E-state index contributed by atoms with van der Waals surface area (Å²) in [4.78, 5) is 0. The Kier molecular flexibility index (Phi) is 1.83. The highest BCUT2D eigenvalue weighted by Gasteiger charge is 2.21. The minimum Gasteiger partial charge on any atom is -0.347 e. The molecule has 1 saturated heterocycles. The van der Waals surface area contributed by atoms with Crippen molar-refractivity contribution in [3.8, 4) is 0 Å². The maximum atomic E-state index is 10.5. The van der Waals surface area contributed by atoms with Gasteiger partial charge in [-0.3, -0.25) is 0 Å². The van der Waals surface area contributed by atoms with Crippen molar-refractivity contribution in [2.45, 2.75) is 19.3 Å². The van der Waals surface area contributed by atoms with Gasteiger partial charge in [0, 0.05) is 0 Å². The summed E-state index contributed by atoms with van der Waals surface area (Å²) in [5.74, 6) is 0. The van der Waals surface area contributed by atoms with E-state index in [9.17, 15) is 5.11 Å². The highest BCUT2D eigenvalue weighted by Crippen LogP contribution is 2.07. The number of ether oxygens (including phenoxy) is 2. The third kappa shape index (κ3) is 1.18. The monoisotopic (exact) mass is 117 g/mol. The van der Waals surface area contributed by atoms with Crippen molar-refractivity contribution in [1.82, 2.24) is 0 Å². The summed E-state index contributed by atoms with van der Waals surface area (Å²) >= 11 is 0. The summed E-state index contributed by atoms with van der Waals surface area (Å²) in [6.07, 6.45) is -1.24. The zero-order valence-corrected chi connectivity index (χ0v) is 4.79. The Bertz CT molecular complexity index is 66.1. The average molecular weight is 117 g/mol. The van der Waals surface area contributed by atoms with Gasteiger partial charge in [-0.15, -0.1) is 0 Å². The van der Waals surface area contributed by atoms with Crippen molar-refractivity contribution in [1.29, 1.82) is 0 Å². The second-order valence-electron chi connectivity index (χ2n) is 1.82. The maximum absolute atomic E-state index is 10.5. The van der Waals surface area contributed by atoms with Crippen LogP contribution in [0.3, 0.4) is 0 Å². The molecule has 1 rings (SSSR count). The van der Waals surface area contributed by atoms with E-state index in [0.717, 1.165) is 0 Å². The van der Waals surface area contributed by atoms with Crippen molar-refractivity contribution >= 4 is 0 Å². The summed E-state index contributed by atoms with van der Waals surface area (Å²) in [6, 6.07) is 0. The van der Waals surface area contributed by atoms with Gasteiger partial charge in [0.1, 0.15) is 6.10 Å². The molecule has 3 nitrogen and oxygen atoms in total. The van der Waals surface area contributed by atoms with E-state index in [-0.39, 0.29) is 0 Å². The fraction of sp³-hybridized carbons (Fsp3) is 1.00. The molecule has 0 aromatic carbocycles. The van der Waals surface area contributed by atoms with Gasteiger partial charge in [-0.25, -0.2) is 5.11 Å².